The van der Waals surface area contributed by atoms with E-state index in [0.29, 0.717) is 19.6 Å². The molecule has 0 saturated heterocycles. The number of fused-ring (bicyclic) bond motifs is 3. The van der Waals surface area contributed by atoms with Crippen LogP contribution < -0.4 is 5.32 Å². The average Bonchev–Trinajstić information content (AvgIpc) is 3.18. The molecule has 1 atom stereocenters. The van der Waals surface area contributed by atoms with Crippen LogP contribution in [0.4, 0.5) is 0 Å². The van der Waals surface area contributed by atoms with Gasteiger partial charge in [-0.2, -0.15) is 5.10 Å². The number of benzene rings is 1. The van der Waals surface area contributed by atoms with Crippen LogP contribution in [0.2, 0.25) is 0 Å². The Bertz CT molecular complexity index is 909. The normalized spacial score (nSPS) is 15.0. The van der Waals surface area contributed by atoms with Crippen molar-refractivity contribution < 1.29 is 9.90 Å². The van der Waals surface area contributed by atoms with Crippen molar-refractivity contribution in [2.24, 2.45) is 0 Å². The summed E-state index contributed by atoms with van der Waals surface area (Å²) in [7, 11) is 0. The van der Waals surface area contributed by atoms with E-state index in [9.17, 15) is 4.79 Å². The maximum atomic E-state index is 13.2. The van der Waals surface area contributed by atoms with Gasteiger partial charge in [-0.15, -0.1) is 0 Å². The molecule has 134 valence electrons. The first-order chi connectivity index (χ1) is 12.8. The van der Waals surface area contributed by atoms with Gasteiger partial charge >= 0.3 is 0 Å². The second kappa shape index (κ2) is 7.23. The molecular formula is C19H21N5O2. The first kappa shape index (κ1) is 16.7. The quantitative estimate of drug-likeness (QED) is 0.641. The van der Waals surface area contributed by atoms with Crippen LogP contribution in [-0.2, 0) is 17.8 Å². The molecule has 1 aliphatic rings. The lowest BCUT2D eigenvalue weighted by molar-refractivity contribution is -0.134. The van der Waals surface area contributed by atoms with Crippen molar-refractivity contribution >= 4 is 16.9 Å². The van der Waals surface area contributed by atoms with Gasteiger partial charge in [-0.25, -0.2) is 4.98 Å². The van der Waals surface area contributed by atoms with Crippen LogP contribution in [0.3, 0.4) is 0 Å². The van der Waals surface area contributed by atoms with Crippen molar-refractivity contribution in [2.45, 2.75) is 19.0 Å². The lowest BCUT2D eigenvalue weighted by Crippen LogP contribution is -2.44. The number of H-pyrrole nitrogens is 1. The number of nitrogens with one attached hydrogen (secondary N) is 2. The zero-order valence-electron chi connectivity index (χ0n) is 14.4. The monoisotopic (exact) mass is 351 g/mol. The predicted molar refractivity (Wildman–Crippen MR) is 97.3 cm³/mol. The zero-order chi connectivity index (χ0) is 17.9. The molecule has 0 aliphatic carbocycles. The van der Waals surface area contributed by atoms with Crippen molar-refractivity contribution in [3.8, 4) is 0 Å². The number of carbonyl (C=O) groups excluding carboxylic acids is 1. The van der Waals surface area contributed by atoms with Crippen molar-refractivity contribution in [3.63, 3.8) is 0 Å². The molecule has 3 aromatic rings. The van der Waals surface area contributed by atoms with E-state index in [-0.39, 0.29) is 12.5 Å². The van der Waals surface area contributed by atoms with Gasteiger partial charge in [-0.3, -0.25) is 15.2 Å². The first-order valence-corrected chi connectivity index (χ1v) is 8.75. The molecule has 4 rings (SSSR count). The number of nitrogens with zero attached hydrogens (tertiary/aromatic N) is 3. The molecule has 7 heteroatoms. The molecule has 7 nitrogen and oxygen atoms in total. The molecule has 0 saturated carbocycles. The van der Waals surface area contributed by atoms with Crippen molar-refractivity contribution in [2.75, 3.05) is 19.7 Å². The maximum Gasteiger partial charge on any atom is 0.244 e. The second-order valence-electron chi connectivity index (χ2n) is 6.43. The fourth-order valence-electron chi connectivity index (χ4n) is 3.53. The molecule has 3 heterocycles. The van der Waals surface area contributed by atoms with Gasteiger partial charge in [0.1, 0.15) is 6.04 Å². The molecule has 2 aromatic heterocycles. The van der Waals surface area contributed by atoms with Crippen molar-refractivity contribution in [1.29, 1.82) is 0 Å². The maximum absolute atomic E-state index is 13.2. The molecule has 0 radical (unpaired) electrons. The SMILES string of the molecule is O=C(C(NCCO)c1ccccc1)N1CCc2c(cnc3[nH]ncc23)C1. The Kier molecular flexibility index (Phi) is 4.64. The van der Waals surface area contributed by atoms with Gasteiger partial charge < -0.3 is 10.0 Å². The third-order valence-electron chi connectivity index (χ3n) is 4.83. The van der Waals surface area contributed by atoms with Crippen molar-refractivity contribution in [3.05, 3.63) is 59.4 Å². The molecule has 3 N–H and O–H groups in total. The van der Waals surface area contributed by atoms with Gasteiger partial charge in [0.15, 0.2) is 5.65 Å². The molecule has 0 fully saturated rings. The number of hydrogen-bond donors (Lipinski definition) is 3. The van der Waals surface area contributed by atoms with Crippen molar-refractivity contribution in [1.82, 2.24) is 25.4 Å². The molecule has 1 aliphatic heterocycles. The largest absolute Gasteiger partial charge is 0.395 e. The number of aromatic amines is 1. The summed E-state index contributed by atoms with van der Waals surface area (Å²) in [6.45, 7) is 1.54. The van der Waals surface area contributed by atoms with Crippen LogP contribution in [0.25, 0.3) is 11.0 Å². The summed E-state index contributed by atoms with van der Waals surface area (Å²) in [6, 6.07) is 9.16. The third-order valence-corrected chi connectivity index (χ3v) is 4.83. The number of pyridine rings is 1. The number of carbonyl (C=O) groups is 1. The van der Waals surface area contributed by atoms with E-state index in [1.54, 1.807) is 6.20 Å². The smallest absolute Gasteiger partial charge is 0.244 e. The highest BCUT2D eigenvalue weighted by atomic mass is 16.3. The Balaban J connectivity index is 1.58. The number of hydrogen-bond acceptors (Lipinski definition) is 5. The van der Waals surface area contributed by atoms with Crippen LogP contribution in [0.15, 0.2) is 42.7 Å². The minimum Gasteiger partial charge on any atom is -0.395 e. The van der Waals surface area contributed by atoms with E-state index in [1.165, 1.54) is 5.56 Å². The Labute approximate surface area is 151 Å². The third kappa shape index (κ3) is 3.07. The Morgan fingerprint density at radius 2 is 2.15 bits per heavy atom. The van der Waals surface area contributed by atoms with Gasteiger partial charge in [-0.1, -0.05) is 30.3 Å². The van der Waals surface area contributed by atoms with Gasteiger partial charge in [0.05, 0.1) is 12.8 Å². The summed E-state index contributed by atoms with van der Waals surface area (Å²) in [5, 5.41) is 20.3. The number of rotatable bonds is 5. The lowest BCUT2D eigenvalue weighted by atomic mass is 9.97. The highest BCUT2D eigenvalue weighted by Crippen LogP contribution is 2.26. The first-order valence-electron chi connectivity index (χ1n) is 8.75. The van der Waals surface area contributed by atoms with E-state index in [0.717, 1.165) is 28.6 Å². The predicted octanol–water partition coefficient (Wildman–Crippen LogP) is 1.17. The summed E-state index contributed by atoms with van der Waals surface area (Å²) in [5.41, 5.74) is 3.97. The summed E-state index contributed by atoms with van der Waals surface area (Å²) >= 11 is 0. The lowest BCUT2D eigenvalue weighted by Gasteiger charge is -2.32. The van der Waals surface area contributed by atoms with Crippen LogP contribution in [0.5, 0.6) is 0 Å². The summed E-state index contributed by atoms with van der Waals surface area (Å²) in [5.74, 6) is 0.0163. The van der Waals surface area contributed by atoms with Gasteiger partial charge in [0.2, 0.25) is 5.91 Å². The average molecular weight is 351 g/mol. The molecular weight excluding hydrogens is 330 g/mol. The fourth-order valence-corrected chi connectivity index (χ4v) is 3.53. The van der Waals surface area contributed by atoms with E-state index in [1.807, 2.05) is 41.4 Å². The van der Waals surface area contributed by atoms with Gasteiger partial charge in [0, 0.05) is 31.2 Å². The fraction of sp³-hybridized carbons (Fsp3) is 0.316. The summed E-state index contributed by atoms with van der Waals surface area (Å²) in [6.07, 6.45) is 4.41. The molecule has 1 amide bonds. The molecule has 1 unspecified atom stereocenters. The topological polar surface area (TPSA) is 94.1 Å². The zero-order valence-corrected chi connectivity index (χ0v) is 14.4. The minimum absolute atomic E-state index is 0.0121. The number of aromatic nitrogens is 3. The summed E-state index contributed by atoms with van der Waals surface area (Å²) < 4.78 is 0. The Hall–Kier alpha value is -2.77. The standard InChI is InChI=1S/C19H21N5O2/c25-9-7-20-17(13-4-2-1-3-5-13)19(26)24-8-6-15-14(12-24)10-21-18-16(15)11-22-23-18/h1-5,10-11,17,20,25H,6-9,12H2,(H,21,22,23). The highest BCUT2D eigenvalue weighted by Gasteiger charge is 2.29. The number of aliphatic hydroxyl groups is 1. The van der Waals surface area contributed by atoms with E-state index in [2.05, 4.69) is 20.5 Å². The molecule has 26 heavy (non-hydrogen) atoms. The van der Waals surface area contributed by atoms with Crippen LogP contribution in [0, 0.1) is 0 Å². The van der Waals surface area contributed by atoms with Crippen LogP contribution >= 0.6 is 0 Å². The number of aliphatic hydroxyl groups excluding tert-OH is 1. The van der Waals surface area contributed by atoms with Crippen LogP contribution in [0.1, 0.15) is 22.7 Å². The van der Waals surface area contributed by atoms with Crippen LogP contribution in [-0.4, -0.2) is 50.8 Å². The second-order valence-corrected chi connectivity index (χ2v) is 6.43. The Morgan fingerprint density at radius 3 is 2.96 bits per heavy atom. The van der Waals surface area contributed by atoms with Gasteiger partial charge in [-0.05, 0) is 23.1 Å². The Morgan fingerprint density at radius 1 is 1.31 bits per heavy atom. The minimum atomic E-state index is -0.462. The van der Waals surface area contributed by atoms with E-state index >= 15 is 0 Å². The molecule has 0 spiro atoms. The van der Waals surface area contributed by atoms with E-state index in [4.69, 9.17) is 5.11 Å². The molecule has 1 aromatic carbocycles. The highest BCUT2D eigenvalue weighted by molar-refractivity contribution is 5.85. The van der Waals surface area contributed by atoms with E-state index < -0.39 is 6.04 Å². The molecule has 0 bridgehead atoms. The summed E-state index contributed by atoms with van der Waals surface area (Å²) in [4.78, 5) is 19.4. The van der Waals surface area contributed by atoms with Gasteiger partial charge in [0.25, 0.3) is 0 Å². The number of amides is 1.